The van der Waals surface area contributed by atoms with Crippen molar-refractivity contribution in [3.63, 3.8) is 0 Å². The fraction of sp³-hybridized carbons (Fsp3) is 0.200. The summed E-state index contributed by atoms with van der Waals surface area (Å²) in [6.45, 7) is 2.00. The number of anilines is 1. The molecule has 0 aliphatic heterocycles. The maximum absolute atomic E-state index is 6.07. The summed E-state index contributed by atoms with van der Waals surface area (Å²) in [5.41, 5.74) is 7.39. The van der Waals surface area contributed by atoms with E-state index in [1.807, 2.05) is 31.2 Å². The highest BCUT2D eigenvalue weighted by molar-refractivity contribution is 6.32. The van der Waals surface area contributed by atoms with Crippen LogP contribution in [0.2, 0.25) is 5.02 Å². The molecular weight excluding hydrogens is 212 g/mol. The van der Waals surface area contributed by atoms with Gasteiger partial charge in [-0.3, -0.25) is 0 Å². The standard InChI is InChI=1S/C10H11ClN4/c1-2-8-10(12)13-14-15(8)9-6-4-3-5-7(9)11/h3-6H,2,12H2,1H3. The molecule has 0 amide bonds. The molecule has 1 aromatic carbocycles. The Morgan fingerprint density at radius 3 is 2.80 bits per heavy atom. The molecule has 0 saturated heterocycles. The van der Waals surface area contributed by atoms with Crippen molar-refractivity contribution in [2.24, 2.45) is 0 Å². The van der Waals surface area contributed by atoms with Crippen LogP contribution >= 0.6 is 11.6 Å². The Morgan fingerprint density at radius 1 is 1.40 bits per heavy atom. The summed E-state index contributed by atoms with van der Waals surface area (Å²) in [5.74, 6) is 0.456. The molecule has 0 aliphatic carbocycles. The minimum atomic E-state index is 0.456. The van der Waals surface area contributed by atoms with Crippen molar-refractivity contribution in [1.82, 2.24) is 15.0 Å². The molecule has 5 heteroatoms. The Hall–Kier alpha value is -1.55. The van der Waals surface area contributed by atoms with Gasteiger partial charge in [0.25, 0.3) is 0 Å². The predicted octanol–water partition coefficient (Wildman–Crippen LogP) is 2.07. The Balaban J connectivity index is 2.59. The van der Waals surface area contributed by atoms with Crippen molar-refractivity contribution in [3.8, 4) is 5.69 Å². The molecule has 2 aromatic rings. The van der Waals surface area contributed by atoms with Gasteiger partial charge in [0.15, 0.2) is 5.82 Å². The van der Waals surface area contributed by atoms with E-state index in [-0.39, 0.29) is 0 Å². The van der Waals surface area contributed by atoms with Crippen LogP contribution < -0.4 is 5.73 Å². The minimum Gasteiger partial charge on any atom is -0.381 e. The summed E-state index contributed by atoms with van der Waals surface area (Å²) in [7, 11) is 0. The van der Waals surface area contributed by atoms with E-state index >= 15 is 0 Å². The van der Waals surface area contributed by atoms with Gasteiger partial charge in [-0.2, -0.15) is 0 Å². The topological polar surface area (TPSA) is 56.7 Å². The fourth-order valence-electron chi connectivity index (χ4n) is 1.46. The lowest BCUT2D eigenvalue weighted by atomic mass is 10.3. The van der Waals surface area contributed by atoms with Gasteiger partial charge < -0.3 is 5.73 Å². The van der Waals surface area contributed by atoms with Crippen LogP contribution in [0.1, 0.15) is 12.6 Å². The molecule has 0 spiro atoms. The second kappa shape index (κ2) is 3.90. The summed E-state index contributed by atoms with van der Waals surface area (Å²) in [6.07, 6.45) is 0.768. The first-order valence-corrected chi connectivity index (χ1v) is 5.06. The summed E-state index contributed by atoms with van der Waals surface area (Å²) in [6, 6.07) is 7.47. The summed E-state index contributed by atoms with van der Waals surface area (Å²) in [5, 5.41) is 8.45. The average molecular weight is 223 g/mol. The first kappa shape index (κ1) is 9.98. The quantitative estimate of drug-likeness (QED) is 0.846. The molecule has 1 heterocycles. The van der Waals surface area contributed by atoms with E-state index in [2.05, 4.69) is 10.3 Å². The molecule has 0 aliphatic rings. The summed E-state index contributed by atoms with van der Waals surface area (Å²) >= 11 is 6.07. The highest BCUT2D eigenvalue weighted by atomic mass is 35.5. The van der Waals surface area contributed by atoms with Crippen LogP contribution in [0, 0.1) is 0 Å². The molecule has 0 unspecified atom stereocenters. The van der Waals surface area contributed by atoms with Crippen LogP contribution in [0.4, 0.5) is 5.82 Å². The molecule has 15 heavy (non-hydrogen) atoms. The number of halogens is 1. The zero-order chi connectivity index (χ0) is 10.8. The fourth-order valence-corrected chi connectivity index (χ4v) is 1.68. The van der Waals surface area contributed by atoms with Gasteiger partial charge in [0, 0.05) is 0 Å². The molecule has 2 rings (SSSR count). The summed E-state index contributed by atoms with van der Waals surface area (Å²) in [4.78, 5) is 0. The van der Waals surface area contributed by atoms with Crippen molar-refractivity contribution in [2.75, 3.05) is 5.73 Å². The first-order valence-electron chi connectivity index (χ1n) is 4.69. The van der Waals surface area contributed by atoms with Crippen LogP contribution in [-0.4, -0.2) is 15.0 Å². The number of hydrogen-bond acceptors (Lipinski definition) is 3. The SMILES string of the molecule is CCc1c(N)nnn1-c1ccccc1Cl. The minimum absolute atomic E-state index is 0.456. The third-order valence-corrected chi connectivity index (χ3v) is 2.53. The van der Waals surface area contributed by atoms with Crippen molar-refractivity contribution in [2.45, 2.75) is 13.3 Å². The molecule has 0 bridgehead atoms. The van der Waals surface area contributed by atoms with Crippen molar-refractivity contribution in [3.05, 3.63) is 35.0 Å². The van der Waals surface area contributed by atoms with E-state index in [0.29, 0.717) is 10.8 Å². The smallest absolute Gasteiger partial charge is 0.169 e. The third kappa shape index (κ3) is 1.68. The number of nitrogens with zero attached hydrogens (tertiary/aromatic N) is 3. The van der Waals surface area contributed by atoms with Crippen LogP contribution in [0.25, 0.3) is 5.69 Å². The number of hydrogen-bond donors (Lipinski definition) is 1. The second-order valence-electron chi connectivity index (χ2n) is 3.14. The molecule has 1 aromatic heterocycles. The van der Waals surface area contributed by atoms with E-state index in [9.17, 15) is 0 Å². The zero-order valence-electron chi connectivity index (χ0n) is 8.31. The lowest BCUT2D eigenvalue weighted by Crippen LogP contribution is -2.03. The summed E-state index contributed by atoms with van der Waals surface area (Å²) < 4.78 is 1.68. The largest absolute Gasteiger partial charge is 0.381 e. The van der Waals surface area contributed by atoms with E-state index in [1.54, 1.807) is 4.68 Å². The van der Waals surface area contributed by atoms with Gasteiger partial charge in [0.05, 0.1) is 16.4 Å². The number of rotatable bonds is 2. The van der Waals surface area contributed by atoms with Crippen molar-refractivity contribution < 1.29 is 0 Å². The Kier molecular flexibility index (Phi) is 2.60. The van der Waals surface area contributed by atoms with Crippen LogP contribution in [0.15, 0.2) is 24.3 Å². The maximum atomic E-state index is 6.07. The second-order valence-corrected chi connectivity index (χ2v) is 3.55. The number of para-hydroxylation sites is 1. The van der Waals surface area contributed by atoms with Crippen molar-refractivity contribution >= 4 is 17.4 Å². The molecule has 78 valence electrons. The first-order chi connectivity index (χ1) is 7.24. The normalized spacial score (nSPS) is 10.5. The Morgan fingerprint density at radius 2 is 2.13 bits per heavy atom. The molecular formula is C10H11ClN4. The maximum Gasteiger partial charge on any atom is 0.169 e. The van der Waals surface area contributed by atoms with Gasteiger partial charge in [0.1, 0.15) is 0 Å². The number of benzene rings is 1. The van der Waals surface area contributed by atoms with Gasteiger partial charge in [0.2, 0.25) is 0 Å². The van der Waals surface area contributed by atoms with E-state index in [4.69, 9.17) is 17.3 Å². The zero-order valence-corrected chi connectivity index (χ0v) is 9.07. The highest BCUT2D eigenvalue weighted by Crippen LogP contribution is 2.22. The van der Waals surface area contributed by atoms with E-state index in [0.717, 1.165) is 17.8 Å². The van der Waals surface area contributed by atoms with Gasteiger partial charge >= 0.3 is 0 Å². The third-order valence-electron chi connectivity index (χ3n) is 2.21. The lowest BCUT2D eigenvalue weighted by Gasteiger charge is -2.06. The Labute approximate surface area is 92.7 Å². The Bertz CT molecular complexity index is 478. The van der Waals surface area contributed by atoms with Gasteiger partial charge in [-0.15, -0.1) is 5.10 Å². The van der Waals surface area contributed by atoms with E-state index < -0.39 is 0 Å². The van der Waals surface area contributed by atoms with Crippen molar-refractivity contribution in [1.29, 1.82) is 0 Å². The average Bonchev–Trinajstić information content (AvgIpc) is 2.60. The monoisotopic (exact) mass is 222 g/mol. The molecule has 0 radical (unpaired) electrons. The predicted molar refractivity (Wildman–Crippen MR) is 60.2 cm³/mol. The van der Waals surface area contributed by atoms with Crippen LogP contribution in [-0.2, 0) is 6.42 Å². The highest BCUT2D eigenvalue weighted by Gasteiger charge is 2.11. The lowest BCUT2D eigenvalue weighted by molar-refractivity contribution is 0.767. The van der Waals surface area contributed by atoms with Crippen LogP contribution in [0.5, 0.6) is 0 Å². The number of aromatic nitrogens is 3. The number of nitrogen functional groups attached to an aromatic ring is 1. The molecule has 0 fully saturated rings. The van der Waals surface area contributed by atoms with Crippen LogP contribution in [0.3, 0.4) is 0 Å². The molecule has 2 N–H and O–H groups in total. The van der Waals surface area contributed by atoms with Gasteiger partial charge in [-0.1, -0.05) is 35.9 Å². The number of nitrogens with two attached hydrogens (primary N) is 1. The molecule has 0 atom stereocenters. The van der Waals surface area contributed by atoms with Gasteiger partial charge in [-0.05, 0) is 18.6 Å². The molecule has 4 nitrogen and oxygen atoms in total. The molecule has 0 saturated carbocycles. The van der Waals surface area contributed by atoms with Gasteiger partial charge in [-0.25, -0.2) is 4.68 Å². The van der Waals surface area contributed by atoms with E-state index in [1.165, 1.54) is 0 Å².